The van der Waals surface area contributed by atoms with Crippen LogP contribution >= 0.6 is 11.8 Å². The smallest absolute Gasteiger partial charge is 0.276 e. The quantitative estimate of drug-likeness (QED) is 0.567. The summed E-state index contributed by atoms with van der Waals surface area (Å²) in [5.41, 5.74) is 2.40. The lowest BCUT2D eigenvalue weighted by atomic mass is 10.2. The molecule has 0 saturated carbocycles. The number of hydrogen-bond acceptors (Lipinski definition) is 6. The van der Waals surface area contributed by atoms with Gasteiger partial charge in [-0.05, 0) is 40.9 Å². The van der Waals surface area contributed by atoms with Gasteiger partial charge in [-0.15, -0.1) is 5.10 Å². The molecule has 0 fully saturated rings. The molecule has 9 heteroatoms. The van der Waals surface area contributed by atoms with E-state index < -0.39 is 0 Å². The van der Waals surface area contributed by atoms with Gasteiger partial charge in [-0.3, -0.25) is 9.20 Å². The molecule has 0 aliphatic carbocycles. The molecule has 0 atom stereocenters. The number of carbonyl (C=O) groups excluding carboxylic acids is 1. The minimum Gasteiger partial charge on any atom is -0.319 e. The van der Waals surface area contributed by atoms with Gasteiger partial charge >= 0.3 is 0 Å². The number of benzene rings is 1. The number of thioether (sulfide) groups is 1. The van der Waals surface area contributed by atoms with Crippen molar-refractivity contribution in [2.45, 2.75) is 5.16 Å². The first-order chi connectivity index (χ1) is 12.3. The molecule has 0 bridgehead atoms. The van der Waals surface area contributed by atoms with Crippen LogP contribution < -0.4 is 5.32 Å². The minimum atomic E-state index is -0.287. The van der Waals surface area contributed by atoms with Gasteiger partial charge in [0.1, 0.15) is 6.33 Å². The van der Waals surface area contributed by atoms with Crippen molar-refractivity contribution < 1.29 is 4.79 Å². The second-order valence-electron chi connectivity index (χ2n) is 5.13. The van der Waals surface area contributed by atoms with Gasteiger partial charge in [-0.1, -0.05) is 30.0 Å². The molecule has 1 amide bonds. The van der Waals surface area contributed by atoms with Crippen LogP contribution in [0, 0.1) is 0 Å². The highest BCUT2D eigenvalue weighted by Crippen LogP contribution is 2.23. The Balaban J connectivity index is 1.73. The summed E-state index contributed by atoms with van der Waals surface area (Å²) < 4.78 is 3.39. The number of imidazole rings is 1. The lowest BCUT2D eigenvalue weighted by molar-refractivity contribution is 0.102. The van der Waals surface area contributed by atoms with Crippen LogP contribution in [0.5, 0.6) is 0 Å². The van der Waals surface area contributed by atoms with Gasteiger partial charge in [0, 0.05) is 6.20 Å². The summed E-state index contributed by atoms with van der Waals surface area (Å²) in [7, 11) is 0. The molecule has 0 saturated heterocycles. The molecule has 3 aromatic heterocycles. The van der Waals surface area contributed by atoms with E-state index in [0.717, 1.165) is 10.7 Å². The number of hydrogen-bond donors (Lipinski definition) is 1. The monoisotopic (exact) mass is 351 g/mol. The summed E-state index contributed by atoms with van der Waals surface area (Å²) in [6.45, 7) is 0. The van der Waals surface area contributed by atoms with Crippen LogP contribution in [-0.2, 0) is 0 Å². The first kappa shape index (κ1) is 15.3. The van der Waals surface area contributed by atoms with E-state index in [1.807, 2.05) is 53.3 Å². The number of fused-ring (bicyclic) bond motifs is 1. The molecule has 3 heterocycles. The Morgan fingerprint density at radius 2 is 2.00 bits per heavy atom. The van der Waals surface area contributed by atoms with Crippen molar-refractivity contribution >= 4 is 28.9 Å². The SMILES string of the molecule is CSc1nc(C(=O)Nc2ccccc2-n2cnnn2)c2ccccn12. The number of nitrogens with one attached hydrogen (secondary N) is 1. The van der Waals surface area contributed by atoms with E-state index in [4.69, 9.17) is 0 Å². The number of anilines is 1. The van der Waals surface area contributed by atoms with Gasteiger partial charge in [0.2, 0.25) is 0 Å². The van der Waals surface area contributed by atoms with Crippen molar-refractivity contribution in [2.24, 2.45) is 0 Å². The summed E-state index contributed by atoms with van der Waals surface area (Å²) >= 11 is 1.49. The van der Waals surface area contributed by atoms with Gasteiger partial charge in [0.15, 0.2) is 10.9 Å². The van der Waals surface area contributed by atoms with Crippen LogP contribution in [0.3, 0.4) is 0 Å². The Hall–Kier alpha value is -3.20. The number of tetrazole rings is 1. The molecule has 1 aromatic carbocycles. The van der Waals surface area contributed by atoms with E-state index in [9.17, 15) is 4.79 Å². The maximum atomic E-state index is 12.8. The molecule has 4 rings (SSSR count). The minimum absolute atomic E-state index is 0.287. The van der Waals surface area contributed by atoms with Gasteiger partial charge in [0.05, 0.1) is 16.9 Å². The Kier molecular flexibility index (Phi) is 3.90. The van der Waals surface area contributed by atoms with Crippen LogP contribution in [0.15, 0.2) is 60.1 Å². The van der Waals surface area contributed by atoms with Crippen molar-refractivity contribution in [3.63, 3.8) is 0 Å². The molecular formula is C16H13N7OS. The second kappa shape index (κ2) is 6.36. The van der Waals surface area contributed by atoms with Gasteiger partial charge in [-0.25, -0.2) is 4.98 Å². The summed E-state index contributed by atoms with van der Waals surface area (Å²) in [6.07, 6.45) is 5.29. The summed E-state index contributed by atoms with van der Waals surface area (Å²) in [5, 5.41) is 14.8. The predicted molar refractivity (Wildman–Crippen MR) is 94.1 cm³/mol. The average molecular weight is 351 g/mol. The molecule has 8 nitrogen and oxygen atoms in total. The third-order valence-corrected chi connectivity index (χ3v) is 4.31. The lowest BCUT2D eigenvalue weighted by Gasteiger charge is -2.09. The average Bonchev–Trinajstić information content (AvgIpc) is 3.30. The first-order valence-corrected chi connectivity index (χ1v) is 8.65. The van der Waals surface area contributed by atoms with Crippen molar-refractivity contribution in [1.82, 2.24) is 29.6 Å². The molecular weight excluding hydrogens is 338 g/mol. The largest absolute Gasteiger partial charge is 0.319 e. The number of aromatic nitrogens is 6. The Bertz CT molecular complexity index is 1040. The van der Waals surface area contributed by atoms with Gasteiger partial charge in [0.25, 0.3) is 5.91 Å². The highest BCUT2D eigenvalue weighted by molar-refractivity contribution is 7.98. The van der Waals surface area contributed by atoms with Crippen molar-refractivity contribution in [3.05, 3.63) is 60.7 Å². The molecule has 1 N–H and O–H groups in total. The standard InChI is InChI=1S/C16H13N7OS/c1-25-16-19-14(13-8-4-5-9-22(13)16)15(24)18-11-6-2-3-7-12(11)23-10-17-20-21-23/h2-10H,1H3,(H,18,24). The zero-order valence-electron chi connectivity index (χ0n) is 13.2. The summed E-state index contributed by atoms with van der Waals surface area (Å²) in [5.74, 6) is -0.287. The highest BCUT2D eigenvalue weighted by atomic mass is 32.2. The van der Waals surface area contributed by atoms with E-state index in [1.54, 1.807) is 6.07 Å². The Morgan fingerprint density at radius 1 is 1.16 bits per heavy atom. The number of para-hydroxylation sites is 2. The third kappa shape index (κ3) is 2.74. The fourth-order valence-corrected chi connectivity index (χ4v) is 3.09. The van der Waals surface area contributed by atoms with E-state index in [2.05, 4.69) is 25.8 Å². The highest BCUT2D eigenvalue weighted by Gasteiger charge is 2.18. The molecule has 25 heavy (non-hydrogen) atoms. The number of pyridine rings is 1. The van der Waals surface area contributed by atoms with Crippen molar-refractivity contribution in [2.75, 3.05) is 11.6 Å². The van der Waals surface area contributed by atoms with E-state index >= 15 is 0 Å². The normalized spacial score (nSPS) is 10.9. The third-order valence-electron chi connectivity index (χ3n) is 3.66. The number of amides is 1. The molecule has 124 valence electrons. The molecule has 4 aromatic rings. The fourth-order valence-electron chi connectivity index (χ4n) is 2.55. The second-order valence-corrected chi connectivity index (χ2v) is 5.90. The summed E-state index contributed by atoms with van der Waals surface area (Å²) in [6, 6.07) is 13.0. The molecule has 0 unspecified atom stereocenters. The number of rotatable bonds is 4. The maximum Gasteiger partial charge on any atom is 0.276 e. The van der Waals surface area contributed by atoms with Crippen molar-refractivity contribution in [3.8, 4) is 5.69 Å². The fraction of sp³-hybridized carbons (Fsp3) is 0.0625. The first-order valence-electron chi connectivity index (χ1n) is 7.43. The van der Waals surface area contributed by atoms with Crippen molar-refractivity contribution in [1.29, 1.82) is 0 Å². The van der Waals surface area contributed by atoms with E-state index in [0.29, 0.717) is 17.1 Å². The van der Waals surface area contributed by atoms with Crippen LogP contribution in [0.4, 0.5) is 5.69 Å². The van der Waals surface area contributed by atoms with E-state index in [-0.39, 0.29) is 5.91 Å². The number of carbonyl (C=O) groups is 1. The predicted octanol–water partition coefficient (Wildman–Crippen LogP) is 2.28. The van der Waals surface area contributed by atoms with Crippen LogP contribution in [0.25, 0.3) is 11.2 Å². The van der Waals surface area contributed by atoms with Crippen LogP contribution in [-0.4, -0.2) is 41.8 Å². The molecule has 0 aliphatic rings. The van der Waals surface area contributed by atoms with E-state index in [1.165, 1.54) is 22.8 Å². The molecule has 0 aliphatic heterocycles. The number of nitrogens with zero attached hydrogens (tertiary/aromatic N) is 6. The van der Waals surface area contributed by atoms with Crippen LogP contribution in [0.2, 0.25) is 0 Å². The summed E-state index contributed by atoms with van der Waals surface area (Å²) in [4.78, 5) is 17.3. The Morgan fingerprint density at radius 3 is 2.80 bits per heavy atom. The molecule has 0 radical (unpaired) electrons. The maximum absolute atomic E-state index is 12.8. The van der Waals surface area contributed by atoms with Gasteiger partial charge in [-0.2, -0.15) is 4.68 Å². The zero-order valence-corrected chi connectivity index (χ0v) is 14.0. The zero-order chi connectivity index (χ0) is 17.2. The molecule has 0 spiro atoms. The van der Waals surface area contributed by atoms with Gasteiger partial charge < -0.3 is 5.32 Å². The topological polar surface area (TPSA) is 90.0 Å². The lowest BCUT2D eigenvalue weighted by Crippen LogP contribution is -2.15. The Labute approximate surface area is 146 Å². The van der Waals surface area contributed by atoms with Crippen LogP contribution in [0.1, 0.15) is 10.5 Å².